The smallest absolute Gasteiger partial charge is 0.423 e. The Labute approximate surface area is 131 Å². The fourth-order valence-electron chi connectivity index (χ4n) is 1.73. The van der Waals surface area contributed by atoms with Crippen LogP contribution < -0.4 is 0 Å². The van der Waals surface area contributed by atoms with Crippen molar-refractivity contribution in [2.75, 3.05) is 19.8 Å². The van der Waals surface area contributed by atoms with Crippen molar-refractivity contribution in [2.24, 2.45) is 5.92 Å². The molecule has 1 saturated heterocycles. The van der Waals surface area contributed by atoms with Crippen LogP contribution >= 0.6 is 25.6 Å². The molecule has 20 heavy (non-hydrogen) atoms. The minimum atomic E-state index is -0.296. The standard InChI is InChI=1S/C13H23N2O3S2/c1-4-8-14(13(15(19)20)16-9-5-2)18-12-7-6-11(3)10-17-12/h4-5,11-12,19-20H,1-2,6-10H2,3H3/q+1. The SMILES string of the molecule is C=CCOC(N(S)S)=[N+](CC=C)OC1CCC(C)CO1. The van der Waals surface area contributed by atoms with Gasteiger partial charge in [0.25, 0.3) is 0 Å². The summed E-state index contributed by atoms with van der Waals surface area (Å²) in [4.78, 5) is 5.80. The minimum absolute atomic E-state index is 0.296. The van der Waals surface area contributed by atoms with Gasteiger partial charge in [-0.15, -0.1) is 3.71 Å². The summed E-state index contributed by atoms with van der Waals surface area (Å²) in [5.41, 5.74) is 0. The van der Waals surface area contributed by atoms with Gasteiger partial charge in [0, 0.05) is 6.42 Å². The molecule has 0 amide bonds. The van der Waals surface area contributed by atoms with Gasteiger partial charge in [0.2, 0.25) is 6.29 Å². The van der Waals surface area contributed by atoms with Gasteiger partial charge < -0.3 is 14.3 Å². The highest BCUT2D eigenvalue weighted by atomic mass is 32.2. The number of thiol groups is 2. The summed E-state index contributed by atoms with van der Waals surface area (Å²) in [5.74, 6) is 0.564. The largest absolute Gasteiger partial charge is 0.510 e. The van der Waals surface area contributed by atoms with Gasteiger partial charge in [-0.2, -0.15) is 0 Å². The molecule has 0 radical (unpaired) electrons. The maximum Gasteiger partial charge on any atom is 0.510 e. The molecule has 0 aliphatic carbocycles. The molecule has 1 heterocycles. The van der Waals surface area contributed by atoms with Gasteiger partial charge >= 0.3 is 6.02 Å². The summed E-state index contributed by atoms with van der Waals surface area (Å²) in [6, 6.07) is 0.346. The third kappa shape index (κ3) is 5.68. The van der Waals surface area contributed by atoms with E-state index in [2.05, 4.69) is 45.7 Å². The van der Waals surface area contributed by atoms with Crippen LogP contribution in [-0.4, -0.2) is 40.5 Å². The molecule has 1 aliphatic heterocycles. The molecular weight excluding hydrogens is 296 g/mol. The van der Waals surface area contributed by atoms with Gasteiger partial charge in [-0.1, -0.05) is 26.2 Å². The van der Waals surface area contributed by atoms with Crippen molar-refractivity contribution in [2.45, 2.75) is 26.1 Å². The van der Waals surface area contributed by atoms with Gasteiger partial charge in [0.1, 0.15) is 6.61 Å². The molecule has 5 nitrogen and oxygen atoms in total. The van der Waals surface area contributed by atoms with Crippen LogP contribution in [0.4, 0.5) is 0 Å². The summed E-state index contributed by atoms with van der Waals surface area (Å²) in [5, 5.41) is 0. The van der Waals surface area contributed by atoms with E-state index in [1.165, 1.54) is 8.45 Å². The first-order chi connectivity index (χ1) is 9.58. The molecule has 0 aromatic carbocycles. The fraction of sp³-hybridized carbons (Fsp3) is 0.615. The summed E-state index contributed by atoms with van der Waals surface area (Å²) < 4.78 is 13.9. The minimum Gasteiger partial charge on any atom is -0.423 e. The molecule has 0 aromatic rings. The molecule has 2 atom stereocenters. The molecule has 1 fully saturated rings. The molecule has 0 spiro atoms. The van der Waals surface area contributed by atoms with E-state index in [4.69, 9.17) is 14.3 Å². The predicted molar refractivity (Wildman–Crippen MR) is 85.5 cm³/mol. The van der Waals surface area contributed by atoms with Crippen LogP contribution in [0, 0.1) is 5.92 Å². The Hall–Kier alpha value is -0.790. The van der Waals surface area contributed by atoms with Crippen LogP contribution in [0.3, 0.4) is 0 Å². The number of amidine groups is 1. The molecule has 0 saturated carbocycles. The molecule has 7 heteroatoms. The summed E-state index contributed by atoms with van der Waals surface area (Å²) in [6.45, 7) is 10.9. The third-order valence-corrected chi connectivity index (χ3v) is 3.06. The quantitative estimate of drug-likeness (QED) is 0.197. The predicted octanol–water partition coefficient (Wildman–Crippen LogP) is 2.44. The lowest BCUT2D eigenvalue weighted by molar-refractivity contribution is -0.809. The van der Waals surface area contributed by atoms with Crippen LogP contribution in [0.25, 0.3) is 0 Å². The topological polar surface area (TPSA) is 33.9 Å². The highest BCUT2D eigenvalue weighted by Crippen LogP contribution is 2.19. The van der Waals surface area contributed by atoms with Crippen molar-refractivity contribution >= 4 is 31.7 Å². The van der Waals surface area contributed by atoms with E-state index in [1.807, 2.05) is 0 Å². The molecule has 114 valence electrons. The lowest BCUT2D eigenvalue weighted by Gasteiger charge is -2.26. The molecule has 1 rings (SSSR count). The number of nitrogens with zero attached hydrogens (tertiary/aromatic N) is 2. The van der Waals surface area contributed by atoms with E-state index in [0.717, 1.165) is 12.8 Å². The Balaban J connectivity index is 2.77. The number of rotatable bonds is 6. The van der Waals surface area contributed by atoms with Crippen molar-refractivity contribution in [1.29, 1.82) is 0 Å². The third-order valence-electron chi connectivity index (χ3n) is 2.72. The molecule has 0 aromatic heterocycles. The zero-order valence-corrected chi connectivity index (χ0v) is 13.6. The van der Waals surface area contributed by atoms with Crippen LogP contribution in [0.5, 0.6) is 0 Å². The maximum absolute atomic E-state index is 5.80. The molecule has 0 bridgehead atoms. The molecular formula is C13H23N2O3S2+. The first kappa shape index (κ1) is 17.3. The van der Waals surface area contributed by atoms with Crippen molar-refractivity contribution in [3.63, 3.8) is 0 Å². The Kier molecular flexibility index (Phi) is 7.94. The Morgan fingerprint density at radius 1 is 1.40 bits per heavy atom. The second kappa shape index (κ2) is 9.20. The second-order valence-electron chi connectivity index (χ2n) is 4.57. The van der Waals surface area contributed by atoms with E-state index >= 15 is 0 Å². The van der Waals surface area contributed by atoms with Gasteiger partial charge in [-0.25, -0.2) is 0 Å². The van der Waals surface area contributed by atoms with Crippen molar-refractivity contribution < 1.29 is 19.1 Å². The van der Waals surface area contributed by atoms with Crippen LogP contribution in [-0.2, 0) is 14.3 Å². The Morgan fingerprint density at radius 3 is 2.65 bits per heavy atom. The van der Waals surface area contributed by atoms with Crippen LogP contribution in [0.15, 0.2) is 25.3 Å². The second-order valence-corrected chi connectivity index (χ2v) is 5.69. The number of hydrogen-bond donors (Lipinski definition) is 2. The summed E-state index contributed by atoms with van der Waals surface area (Å²) in [6.07, 6.45) is 4.95. The van der Waals surface area contributed by atoms with Crippen molar-refractivity contribution in [1.82, 2.24) is 3.71 Å². The molecule has 2 unspecified atom stereocenters. The number of hydroxylamine groups is 1. The van der Waals surface area contributed by atoms with Crippen LogP contribution in [0.2, 0.25) is 0 Å². The average molecular weight is 319 g/mol. The normalized spacial score (nSPS) is 23.6. The lowest BCUT2D eigenvalue weighted by atomic mass is 10.0. The number of hydrogen-bond acceptors (Lipinski definition) is 5. The van der Waals surface area contributed by atoms with E-state index in [-0.39, 0.29) is 6.29 Å². The first-order valence-electron chi connectivity index (χ1n) is 6.53. The fourth-order valence-corrected chi connectivity index (χ4v) is 2.05. The highest BCUT2D eigenvalue weighted by Gasteiger charge is 2.27. The summed E-state index contributed by atoms with van der Waals surface area (Å²) >= 11 is 8.27. The van der Waals surface area contributed by atoms with E-state index in [0.29, 0.717) is 31.7 Å². The number of ether oxygens (including phenoxy) is 2. The monoisotopic (exact) mass is 319 g/mol. The van der Waals surface area contributed by atoms with Gasteiger partial charge in [0.15, 0.2) is 6.54 Å². The van der Waals surface area contributed by atoms with E-state index < -0.39 is 0 Å². The van der Waals surface area contributed by atoms with Gasteiger partial charge in [0.05, 0.1) is 32.2 Å². The van der Waals surface area contributed by atoms with Crippen molar-refractivity contribution in [3.8, 4) is 0 Å². The van der Waals surface area contributed by atoms with E-state index in [9.17, 15) is 0 Å². The first-order valence-corrected chi connectivity index (χ1v) is 7.33. The van der Waals surface area contributed by atoms with Gasteiger partial charge in [-0.05, 0) is 23.2 Å². The zero-order valence-electron chi connectivity index (χ0n) is 11.8. The van der Waals surface area contributed by atoms with Crippen LogP contribution in [0.1, 0.15) is 19.8 Å². The Bertz CT molecular complexity index is 354. The zero-order chi connectivity index (χ0) is 15.0. The molecule has 1 aliphatic rings. The van der Waals surface area contributed by atoms with E-state index in [1.54, 1.807) is 12.2 Å². The Morgan fingerprint density at radius 2 is 2.15 bits per heavy atom. The molecule has 0 N–H and O–H groups in total. The maximum atomic E-state index is 5.80. The lowest BCUT2D eigenvalue weighted by Crippen LogP contribution is -2.37. The van der Waals surface area contributed by atoms with Crippen molar-refractivity contribution in [3.05, 3.63) is 25.3 Å². The summed E-state index contributed by atoms with van der Waals surface area (Å²) in [7, 11) is 0. The highest BCUT2D eigenvalue weighted by molar-refractivity contribution is 7.94. The van der Waals surface area contributed by atoms with Gasteiger partial charge in [-0.3, -0.25) is 0 Å². The average Bonchev–Trinajstić information content (AvgIpc) is 2.41.